The zero-order chi connectivity index (χ0) is 14.7. The average molecular weight is 288 g/mol. The van der Waals surface area contributed by atoms with Crippen LogP contribution >= 0.6 is 0 Å². The van der Waals surface area contributed by atoms with Crippen molar-refractivity contribution in [1.82, 2.24) is 10.2 Å². The molecule has 1 amide bonds. The molecule has 2 N–H and O–H groups in total. The van der Waals surface area contributed by atoms with Crippen molar-refractivity contribution in [3.63, 3.8) is 0 Å². The van der Waals surface area contributed by atoms with Crippen LogP contribution in [0.15, 0.2) is 30.3 Å². The molecule has 1 heterocycles. The summed E-state index contributed by atoms with van der Waals surface area (Å²) < 4.78 is 0. The number of nitrogens with zero attached hydrogens (tertiary/aromatic N) is 1. The lowest BCUT2D eigenvalue weighted by Crippen LogP contribution is -2.44. The van der Waals surface area contributed by atoms with Crippen molar-refractivity contribution in [1.29, 1.82) is 0 Å². The number of nitrogens with one attached hydrogen (secondary N) is 1. The second-order valence-electron chi connectivity index (χ2n) is 6.23. The Hall–Kier alpha value is -1.39. The van der Waals surface area contributed by atoms with Crippen LogP contribution in [0.4, 0.5) is 0 Å². The maximum atomic E-state index is 12.1. The van der Waals surface area contributed by atoms with E-state index in [1.807, 2.05) is 35.2 Å². The van der Waals surface area contributed by atoms with Gasteiger partial charge >= 0.3 is 0 Å². The van der Waals surface area contributed by atoms with Gasteiger partial charge in [-0.25, -0.2) is 0 Å². The number of carbonyl (C=O) groups is 1. The molecule has 4 heteroatoms. The number of aliphatic hydroxyl groups excluding tert-OH is 1. The van der Waals surface area contributed by atoms with E-state index in [-0.39, 0.29) is 11.8 Å². The Balaban J connectivity index is 1.46. The summed E-state index contributed by atoms with van der Waals surface area (Å²) in [6.07, 6.45) is 3.77. The van der Waals surface area contributed by atoms with Gasteiger partial charge in [-0.2, -0.15) is 0 Å². The number of rotatable bonds is 5. The fourth-order valence-electron chi connectivity index (χ4n) is 3.02. The van der Waals surface area contributed by atoms with Crippen molar-refractivity contribution in [2.75, 3.05) is 19.6 Å². The molecule has 1 unspecified atom stereocenters. The van der Waals surface area contributed by atoms with E-state index >= 15 is 0 Å². The minimum Gasteiger partial charge on any atom is -0.388 e. The van der Waals surface area contributed by atoms with Gasteiger partial charge in [0.2, 0.25) is 5.91 Å². The summed E-state index contributed by atoms with van der Waals surface area (Å²) in [6.45, 7) is 2.00. The zero-order valence-electron chi connectivity index (χ0n) is 12.4. The van der Waals surface area contributed by atoms with Gasteiger partial charge in [-0.3, -0.25) is 4.79 Å². The molecule has 21 heavy (non-hydrogen) atoms. The topological polar surface area (TPSA) is 52.6 Å². The van der Waals surface area contributed by atoms with Crippen LogP contribution in [0.5, 0.6) is 0 Å². The van der Waals surface area contributed by atoms with Crippen LogP contribution in [-0.4, -0.2) is 41.6 Å². The molecule has 1 aliphatic heterocycles. The lowest BCUT2D eigenvalue weighted by molar-refractivity contribution is -0.132. The predicted octanol–water partition coefficient (Wildman–Crippen LogP) is 1.71. The summed E-state index contributed by atoms with van der Waals surface area (Å²) in [5.41, 5.74) is 0.984. The monoisotopic (exact) mass is 288 g/mol. The van der Waals surface area contributed by atoms with E-state index in [2.05, 4.69) is 5.32 Å². The van der Waals surface area contributed by atoms with Gasteiger partial charge in [0.05, 0.1) is 12.6 Å². The Morgan fingerprint density at radius 1 is 1.19 bits per heavy atom. The molecule has 1 saturated carbocycles. The van der Waals surface area contributed by atoms with Crippen molar-refractivity contribution < 1.29 is 9.90 Å². The first-order valence-corrected chi connectivity index (χ1v) is 7.98. The molecule has 2 aliphatic rings. The van der Waals surface area contributed by atoms with E-state index in [0.717, 1.165) is 31.5 Å². The van der Waals surface area contributed by atoms with Crippen LogP contribution in [0.1, 0.15) is 37.4 Å². The summed E-state index contributed by atoms with van der Waals surface area (Å²) >= 11 is 0. The SMILES string of the molecule is O=C(CNC1CC1)N1CCC(C(O)c2ccccc2)CC1. The molecule has 1 aromatic rings. The second kappa shape index (κ2) is 6.58. The zero-order valence-corrected chi connectivity index (χ0v) is 12.4. The molecule has 0 bridgehead atoms. The van der Waals surface area contributed by atoms with Gasteiger partial charge in [0, 0.05) is 19.1 Å². The number of benzene rings is 1. The van der Waals surface area contributed by atoms with Gasteiger partial charge in [0.25, 0.3) is 0 Å². The van der Waals surface area contributed by atoms with Gasteiger partial charge in [0.15, 0.2) is 0 Å². The molecular formula is C17H24N2O2. The number of carbonyl (C=O) groups excluding carboxylic acids is 1. The largest absolute Gasteiger partial charge is 0.388 e. The number of hydrogen-bond acceptors (Lipinski definition) is 3. The molecule has 1 saturated heterocycles. The lowest BCUT2D eigenvalue weighted by Gasteiger charge is -2.34. The maximum Gasteiger partial charge on any atom is 0.236 e. The van der Waals surface area contributed by atoms with Crippen LogP contribution in [0.2, 0.25) is 0 Å². The molecule has 0 radical (unpaired) electrons. The van der Waals surface area contributed by atoms with E-state index in [0.29, 0.717) is 12.6 Å². The Labute approximate surface area is 126 Å². The number of piperidine rings is 1. The van der Waals surface area contributed by atoms with Gasteiger partial charge in [0.1, 0.15) is 0 Å². The molecule has 1 aliphatic carbocycles. The molecule has 0 spiro atoms. The first-order valence-electron chi connectivity index (χ1n) is 7.98. The summed E-state index contributed by atoms with van der Waals surface area (Å²) in [7, 11) is 0. The van der Waals surface area contributed by atoms with E-state index < -0.39 is 6.10 Å². The third-order valence-electron chi connectivity index (χ3n) is 4.60. The molecular weight excluding hydrogens is 264 g/mol. The average Bonchev–Trinajstić information content (AvgIpc) is 3.37. The molecule has 1 aromatic carbocycles. The van der Waals surface area contributed by atoms with Crippen molar-refractivity contribution >= 4 is 5.91 Å². The van der Waals surface area contributed by atoms with Crippen LogP contribution in [-0.2, 0) is 4.79 Å². The molecule has 3 rings (SSSR count). The second-order valence-corrected chi connectivity index (χ2v) is 6.23. The van der Waals surface area contributed by atoms with Crippen molar-refractivity contribution in [2.24, 2.45) is 5.92 Å². The van der Waals surface area contributed by atoms with E-state index in [4.69, 9.17) is 0 Å². The highest BCUT2D eigenvalue weighted by atomic mass is 16.3. The summed E-state index contributed by atoms with van der Waals surface area (Å²) in [6, 6.07) is 10.4. The van der Waals surface area contributed by atoms with Crippen LogP contribution < -0.4 is 5.32 Å². The highest BCUT2D eigenvalue weighted by Crippen LogP contribution is 2.30. The van der Waals surface area contributed by atoms with Crippen LogP contribution in [0, 0.1) is 5.92 Å². The number of hydrogen-bond donors (Lipinski definition) is 2. The predicted molar refractivity (Wildman–Crippen MR) is 81.7 cm³/mol. The first-order chi connectivity index (χ1) is 10.2. The minimum atomic E-state index is -0.409. The third-order valence-corrected chi connectivity index (χ3v) is 4.60. The van der Waals surface area contributed by atoms with Gasteiger partial charge in [-0.1, -0.05) is 30.3 Å². The van der Waals surface area contributed by atoms with Gasteiger partial charge < -0.3 is 15.3 Å². The standard InChI is InChI=1S/C17H24N2O2/c20-16(12-18-15-6-7-15)19-10-8-14(9-11-19)17(21)13-4-2-1-3-5-13/h1-5,14-15,17-18,21H,6-12H2. The number of likely N-dealkylation sites (tertiary alicyclic amines) is 1. The molecule has 0 aromatic heterocycles. The lowest BCUT2D eigenvalue weighted by atomic mass is 9.87. The Morgan fingerprint density at radius 3 is 2.48 bits per heavy atom. The Kier molecular flexibility index (Phi) is 4.56. The first kappa shape index (κ1) is 14.5. The fraction of sp³-hybridized carbons (Fsp3) is 0.588. The van der Waals surface area contributed by atoms with E-state index in [9.17, 15) is 9.90 Å². The molecule has 4 nitrogen and oxygen atoms in total. The number of amides is 1. The fourth-order valence-corrected chi connectivity index (χ4v) is 3.02. The molecule has 114 valence electrons. The van der Waals surface area contributed by atoms with Crippen LogP contribution in [0.3, 0.4) is 0 Å². The maximum absolute atomic E-state index is 12.1. The smallest absolute Gasteiger partial charge is 0.236 e. The highest BCUT2D eigenvalue weighted by molar-refractivity contribution is 5.78. The summed E-state index contributed by atoms with van der Waals surface area (Å²) in [5.74, 6) is 0.461. The van der Waals surface area contributed by atoms with E-state index in [1.165, 1.54) is 12.8 Å². The Morgan fingerprint density at radius 2 is 1.86 bits per heavy atom. The normalized spacial score (nSPS) is 21.3. The number of aliphatic hydroxyl groups is 1. The molecule has 1 atom stereocenters. The Bertz CT molecular complexity index is 465. The van der Waals surface area contributed by atoms with Crippen LogP contribution in [0.25, 0.3) is 0 Å². The highest BCUT2D eigenvalue weighted by Gasteiger charge is 2.29. The minimum absolute atomic E-state index is 0.203. The summed E-state index contributed by atoms with van der Waals surface area (Å²) in [5, 5.41) is 13.7. The third kappa shape index (κ3) is 3.83. The van der Waals surface area contributed by atoms with E-state index in [1.54, 1.807) is 0 Å². The van der Waals surface area contributed by atoms with Crippen molar-refractivity contribution in [3.8, 4) is 0 Å². The van der Waals surface area contributed by atoms with Crippen molar-refractivity contribution in [3.05, 3.63) is 35.9 Å². The quantitative estimate of drug-likeness (QED) is 0.867. The van der Waals surface area contributed by atoms with Gasteiger partial charge in [-0.15, -0.1) is 0 Å². The van der Waals surface area contributed by atoms with Crippen molar-refractivity contribution in [2.45, 2.75) is 37.8 Å². The summed E-state index contributed by atoms with van der Waals surface area (Å²) in [4.78, 5) is 14.0. The van der Waals surface area contributed by atoms with Gasteiger partial charge in [-0.05, 0) is 37.2 Å². The molecule has 2 fully saturated rings.